The lowest BCUT2D eigenvalue weighted by Crippen LogP contribution is -1.75. The smallest absolute Gasteiger partial charge is 0.0814 e. The van der Waals surface area contributed by atoms with E-state index in [0.29, 0.717) is 0 Å². The summed E-state index contributed by atoms with van der Waals surface area (Å²) in [6, 6.07) is 9.44. The highest BCUT2D eigenvalue weighted by atomic mass is 35.5. The number of rotatable bonds is 0. The van der Waals surface area contributed by atoms with Gasteiger partial charge in [-0.1, -0.05) is 29.8 Å². The van der Waals surface area contributed by atoms with E-state index in [1.807, 2.05) is 30.3 Å². The summed E-state index contributed by atoms with van der Waals surface area (Å²) in [4.78, 5) is 0. The van der Waals surface area contributed by atoms with E-state index in [9.17, 15) is 0 Å². The van der Waals surface area contributed by atoms with Gasteiger partial charge in [0.05, 0.1) is 11.4 Å². The van der Waals surface area contributed by atoms with Gasteiger partial charge >= 0.3 is 0 Å². The van der Waals surface area contributed by atoms with Gasteiger partial charge in [0.25, 0.3) is 0 Å². The van der Waals surface area contributed by atoms with Gasteiger partial charge in [-0.25, -0.2) is 4.21 Å². The van der Waals surface area contributed by atoms with Crippen LogP contribution in [0.1, 0.15) is 0 Å². The lowest BCUT2D eigenvalue weighted by Gasteiger charge is -1.83. The van der Waals surface area contributed by atoms with E-state index in [2.05, 4.69) is 0 Å². The monoisotopic (exact) mass is 193 g/mol. The molecular weight excluding hydrogens is 188 g/mol. The van der Waals surface area contributed by atoms with Crippen molar-refractivity contribution in [3.05, 3.63) is 35.4 Å². The summed E-state index contributed by atoms with van der Waals surface area (Å²) in [5.41, 5.74) is 0. The maximum absolute atomic E-state index is 8.56. The van der Waals surface area contributed by atoms with Crippen molar-refractivity contribution in [2.75, 3.05) is 0 Å². The molecule has 0 spiro atoms. The zero-order chi connectivity index (χ0) is 8.69. The number of hydrogen-bond donors (Lipinski definition) is 1. The summed E-state index contributed by atoms with van der Waals surface area (Å²) in [7, 11) is 0. The minimum atomic E-state index is -2.86. The van der Waals surface area contributed by atoms with Crippen LogP contribution in [-0.2, 0) is 11.4 Å². The number of halogens is 1. The fraction of sp³-hybridized carbons (Fsp3) is 0. The molecule has 3 nitrogen and oxygen atoms in total. The Morgan fingerprint density at radius 1 is 1.36 bits per heavy atom. The second-order valence-electron chi connectivity index (χ2n) is 1.51. The Morgan fingerprint density at radius 2 is 1.73 bits per heavy atom. The first-order valence-electron chi connectivity index (χ1n) is 2.62. The Morgan fingerprint density at radius 3 is 1.91 bits per heavy atom. The molecule has 0 fully saturated rings. The molecule has 62 valence electrons. The summed E-state index contributed by atoms with van der Waals surface area (Å²) in [5.74, 6) is 0. The predicted molar refractivity (Wildman–Crippen MR) is 43.0 cm³/mol. The normalized spacial score (nSPS) is 11.2. The molecule has 0 heterocycles. The molecule has 0 saturated carbocycles. The third kappa shape index (κ3) is 9.58. The van der Waals surface area contributed by atoms with Crippen LogP contribution in [0.15, 0.2) is 30.3 Å². The molecule has 1 unspecified atom stereocenters. The molecule has 0 aliphatic rings. The van der Waals surface area contributed by atoms with Crippen molar-refractivity contribution in [3.63, 3.8) is 0 Å². The van der Waals surface area contributed by atoms with E-state index < -0.39 is 11.4 Å². The zero-order valence-electron chi connectivity index (χ0n) is 5.44. The van der Waals surface area contributed by atoms with Gasteiger partial charge in [-0.3, -0.25) is 0 Å². The van der Waals surface area contributed by atoms with Crippen molar-refractivity contribution in [1.29, 1.82) is 0 Å². The third-order valence-electron chi connectivity index (χ3n) is 0.733. The standard InChI is InChI=1S/C6H5Cl.H2O3S/c7-6-4-2-1-3-5-6;1-4(2)3/h1-5H;(H2,1,2,3)/p-1. The molecular formula is C6H6ClO3S-. The quantitative estimate of drug-likeness (QED) is 0.638. The van der Waals surface area contributed by atoms with Gasteiger partial charge in [0.1, 0.15) is 0 Å². The summed E-state index contributed by atoms with van der Waals surface area (Å²) in [6.07, 6.45) is 0. The van der Waals surface area contributed by atoms with E-state index in [1.54, 1.807) is 0 Å². The Kier molecular flexibility index (Phi) is 6.06. The number of hydrogen-bond acceptors (Lipinski definition) is 2. The van der Waals surface area contributed by atoms with E-state index in [1.165, 1.54) is 0 Å². The Hall–Kier alpha value is -0.420. The summed E-state index contributed by atoms with van der Waals surface area (Å²) in [6.45, 7) is 0. The van der Waals surface area contributed by atoms with Crippen molar-refractivity contribution in [1.82, 2.24) is 0 Å². The summed E-state index contributed by atoms with van der Waals surface area (Å²) in [5, 5.41) is 0.794. The molecule has 0 aliphatic carbocycles. The average Bonchev–Trinajstić information content (AvgIpc) is 1.87. The third-order valence-corrected chi connectivity index (χ3v) is 0.985. The summed E-state index contributed by atoms with van der Waals surface area (Å²) < 4.78 is 24.1. The minimum Gasteiger partial charge on any atom is -0.750 e. The summed E-state index contributed by atoms with van der Waals surface area (Å²) >= 11 is 2.68. The molecule has 1 aromatic carbocycles. The van der Waals surface area contributed by atoms with Crippen LogP contribution in [0.5, 0.6) is 0 Å². The largest absolute Gasteiger partial charge is 0.750 e. The van der Waals surface area contributed by atoms with Crippen LogP contribution < -0.4 is 0 Å². The van der Waals surface area contributed by atoms with Crippen LogP contribution in [0.4, 0.5) is 0 Å². The Balaban J connectivity index is 0.000000218. The molecule has 1 aromatic rings. The second kappa shape index (κ2) is 6.30. The first-order valence-corrected chi connectivity index (χ1v) is 4.03. The number of benzene rings is 1. The highest BCUT2D eigenvalue weighted by Gasteiger charge is 1.74. The lowest BCUT2D eigenvalue weighted by molar-refractivity contribution is 0.436. The fourth-order valence-electron chi connectivity index (χ4n) is 0.415. The van der Waals surface area contributed by atoms with Crippen molar-refractivity contribution in [3.8, 4) is 0 Å². The molecule has 0 bridgehead atoms. The second-order valence-corrected chi connectivity index (χ2v) is 2.38. The first-order chi connectivity index (χ1) is 5.13. The molecule has 0 amide bonds. The highest BCUT2D eigenvalue weighted by Crippen LogP contribution is 2.03. The van der Waals surface area contributed by atoms with Crippen LogP contribution in [0, 0.1) is 0 Å². The molecule has 5 heteroatoms. The van der Waals surface area contributed by atoms with Gasteiger partial charge in [0.2, 0.25) is 0 Å². The van der Waals surface area contributed by atoms with E-state index in [4.69, 9.17) is 24.9 Å². The van der Waals surface area contributed by atoms with Crippen LogP contribution in [0.2, 0.25) is 5.02 Å². The first kappa shape index (κ1) is 10.6. The van der Waals surface area contributed by atoms with Crippen molar-refractivity contribution >= 4 is 23.0 Å². The van der Waals surface area contributed by atoms with Gasteiger partial charge in [0.15, 0.2) is 0 Å². The lowest BCUT2D eigenvalue weighted by atomic mass is 10.4. The van der Waals surface area contributed by atoms with Gasteiger partial charge in [0, 0.05) is 5.02 Å². The SMILES string of the molecule is Clc1ccccc1.O=S([O-])O. The minimum absolute atomic E-state index is 0.794. The van der Waals surface area contributed by atoms with Crippen LogP contribution >= 0.6 is 11.6 Å². The van der Waals surface area contributed by atoms with Crippen LogP contribution in [-0.4, -0.2) is 13.3 Å². The molecule has 1 N–H and O–H groups in total. The molecule has 0 aromatic heterocycles. The van der Waals surface area contributed by atoms with Gasteiger partial charge < -0.3 is 9.11 Å². The van der Waals surface area contributed by atoms with Crippen LogP contribution in [0.25, 0.3) is 0 Å². The average molecular weight is 194 g/mol. The van der Waals surface area contributed by atoms with Crippen molar-refractivity contribution in [2.45, 2.75) is 0 Å². The van der Waals surface area contributed by atoms with E-state index in [-0.39, 0.29) is 0 Å². The van der Waals surface area contributed by atoms with Gasteiger partial charge in [-0.2, -0.15) is 0 Å². The van der Waals surface area contributed by atoms with E-state index >= 15 is 0 Å². The molecule has 0 aliphatic heterocycles. The maximum atomic E-state index is 8.56. The fourth-order valence-corrected chi connectivity index (χ4v) is 0.560. The van der Waals surface area contributed by atoms with Crippen molar-refractivity contribution in [2.24, 2.45) is 0 Å². The van der Waals surface area contributed by atoms with Gasteiger partial charge in [-0.05, 0) is 12.1 Å². The molecule has 0 radical (unpaired) electrons. The maximum Gasteiger partial charge on any atom is 0.0814 e. The topological polar surface area (TPSA) is 60.4 Å². The molecule has 0 saturated heterocycles. The predicted octanol–water partition coefficient (Wildman–Crippen LogP) is 1.68. The Bertz CT molecular complexity index is 210. The highest BCUT2D eigenvalue weighted by molar-refractivity contribution is 7.73. The Labute approximate surface area is 72.1 Å². The molecule has 1 atom stereocenters. The zero-order valence-corrected chi connectivity index (χ0v) is 7.01. The van der Waals surface area contributed by atoms with Gasteiger partial charge in [-0.15, -0.1) is 0 Å². The molecule has 11 heavy (non-hydrogen) atoms. The van der Waals surface area contributed by atoms with E-state index in [0.717, 1.165) is 5.02 Å². The van der Waals surface area contributed by atoms with Crippen LogP contribution in [0.3, 0.4) is 0 Å². The van der Waals surface area contributed by atoms with Crippen molar-refractivity contribution < 1.29 is 13.3 Å². The molecule has 1 rings (SSSR count).